The second-order valence-electron chi connectivity index (χ2n) is 8.37. The minimum atomic E-state index is -0.813. The van der Waals surface area contributed by atoms with Crippen molar-refractivity contribution in [1.82, 2.24) is 4.57 Å². The maximum Gasteiger partial charge on any atom is 0.419 e. The molecule has 0 aliphatic carbocycles. The molecular weight excluding hydrogens is 368 g/mol. The number of hydrogen-bond acceptors (Lipinski definition) is 5. The fraction of sp³-hybridized carbons (Fsp3) is 0.500. The van der Waals surface area contributed by atoms with E-state index in [9.17, 15) is 9.59 Å². The molecule has 1 atom stereocenters. The molecule has 2 N–H and O–H groups in total. The first-order chi connectivity index (χ1) is 11.9. The average molecular weight is 397 g/mol. The Hall–Kier alpha value is -2.05. The van der Waals surface area contributed by atoms with E-state index in [2.05, 4.69) is 0 Å². The predicted molar refractivity (Wildman–Crippen MR) is 108 cm³/mol. The minimum Gasteiger partial charge on any atom is -0.459 e. The first-order valence-electron chi connectivity index (χ1n) is 8.68. The van der Waals surface area contributed by atoms with Gasteiger partial charge in [-0.1, -0.05) is 18.2 Å². The topological polar surface area (TPSA) is 83.5 Å². The van der Waals surface area contributed by atoms with Gasteiger partial charge in [0.2, 0.25) is 0 Å². The van der Waals surface area contributed by atoms with Crippen LogP contribution in [0.5, 0.6) is 0 Å². The average Bonchev–Trinajstić information content (AvgIpc) is 2.83. The van der Waals surface area contributed by atoms with E-state index in [1.807, 2.05) is 45.0 Å². The zero-order valence-electron chi connectivity index (χ0n) is 16.7. The standard InChI is InChI=1S/C20H28N2O4.ClH/c1-19(2,3)25-17(23)15(21)11-13-12-22(18(24)26-20(4,5)6)16-10-8-7-9-14(13)16;/h7-10,12,15H,11,21H2,1-6H3;1H. The number of esters is 1. The second kappa shape index (κ2) is 8.31. The van der Waals surface area contributed by atoms with E-state index in [1.54, 1.807) is 27.0 Å². The van der Waals surface area contributed by atoms with Crippen molar-refractivity contribution in [2.75, 3.05) is 0 Å². The van der Waals surface area contributed by atoms with E-state index in [-0.39, 0.29) is 18.8 Å². The van der Waals surface area contributed by atoms with E-state index in [0.717, 1.165) is 10.9 Å². The first-order valence-corrected chi connectivity index (χ1v) is 8.68. The van der Waals surface area contributed by atoms with Crippen LogP contribution in [0.25, 0.3) is 10.9 Å². The van der Waals surface area contributed by atoms with Gasteiger partial charge in [0, 0.05) is 18.0 Å². The lowest BCUT2D eigenvalue weighted by Crippen LogP contribution is -2.38. The molecule has 0 bridgehead atoms. The van der Waals surface area contributed by atoms with Gasteiger partial charge in [-0.3, -0.25) is 9.36 Å². The number of para-hydroxylation sites is 1. The SMILES string of the molecule is CC(C)(C)OC(=O)C(N)Cc1cn(C(=O)OC(C)(C)C)c2ccccc12.Cl. The van der Waals surface area contributed by atoms with Crippen LogP contribution in [0, 0.1) is 0 Å². The number of carbonyl (C=O) groups excluding carboxylic acids is 2. The van der Waals surface area contributed by atoms with Crippen LogP contribution in [-0.2, 0) is 20.7 Å². The predicted octanol–water partition coefficient (Wildman–Crippen LogP) is 4.06. The molecule has 27 heavy (non-hydrogen) atoms. The molecule has 0 amide bonds. The molecule has 0 fully saturated rings. The number of nitrogens with zero attached hydrogens (tertiary/aromatic N) is 1. The Labute approximate surface area is 166 Å². The molecule has 150 valence electrons. The van der Waals surface area contributed by atoms with Crippen LogP contribution in [0.3, 0.4) is 0 Å². The normalized spacial score (nSPS) is 13.0. The van der Waals surface area contributed by atoms with E-state index in [0.29, 0.717) is 5.52 Å². The van der Waals surface area contributed by atoms with Crippen molar-refractivity contribution >= 4 is 35.4 Å². The molecule has 0 spiro atoms. The van der Waals surface area contributed by atoms with Gasteiger partial charge in [0.15, 0.2) is 0 Å². The van der Waals surface area contributed by atoms with Crippen molar-refractivity contribution in [2.45, 2.75) is 65.2 Å². The molecule has 0 radical (unpaired) electrons. The molecular formula is C20H29ClN2O4. The summed E-state index contributed by atoms with van der Waals surface area (Å²) in [6.45, 7) is 10.8. The van der Waals surface area contributed by atoms with Gasteiger partial charge in [-0.2, -0.15) is 0 Å². The smallest absolute Gasteiger partial charge is 0.419 e. The lowest BCUT2D eigenvalue weighted by atomic mass is 10.1. The molecule has 1 unspecified atom stereocenters. The zero-order valence-corrected chi connectivity index (χ0v) is 17.6. The molecule has 0 saturated heterocycles. The summed E-state index contributed by atoms with van der Waals surface area (Å²) in [5.41, 5.74) is 6.35. The number of nitrogens with two attached hydrogens (primary N) is 1. The second-order valence-corrected chi connectivity index (χ2v) is 8.37. The maximum absolute atomic E-state index is 12.5. The van der Waals surface area contributed by atoms with E-state index in [4.69, 9.17) is 15.2 Å². The van der Waals surface area contributed by atoms with E-state index in [1.165, 1.54) is 4.57 Å². The molecule has 1 heterocycles. The molecule has 1 aromatic heterocycles. The number of ether oxygens (including phenoxy) is 2. The van der Waals surface area contributed by atoms with Crippen molar-refractivity contribution in [2.24, 2.45) is 5.73 Å². The van der Waals surface area contributed by atoms with Gasteiger partial charge in [0.05, 0.1) is 5.52 Å². The molecule has 7 heteroatoms. The van der Waals surface area contributed by atoms with E-state index >= 15 is 0 Å². The van der Waals surface area contributed by atoms with Crippen LogP contribution in [0.4, 0.5) is 4.79 Å². The highest BCUT2D eigenvalue weighted by molar-refractivity contribution is 5.92. The van der Waals surface area contributed by atoms with Gasteiger partial charge in [-0.05, 0) is 53.2 Å². The highest BCUT2D eigenvalue weighted by Crippen LogP contribution is 2.24. The Kier molecular flexibility index (Phi) is 7.08. The van der Waals surface area contributed by atoms with Crippen LogP contribution >= 0.6 is 12.4 Å². The zero-order chi connectivity index (χ0) is 19.7. The fourth-order valence-electron chi connectivity index (χ4n) is 2.57. The van der Waals surface area contributed by atoms with Gasteiger partial charge >= 0.3 is 12.1 Å². The van der Waals surface area contributed by atoms with Gasteiger partial charge in [-0.15, -0.1) is 12.4 Å². The lowest BCUT2D eigenvalue weighted by molar-refractivity contribution is -0.156. The number of rotatable bonds is 3. The van der Waals surface area contributed by atoms with Crippen molar-refractivity contribution in [1.29, 1.82) is 0 Å². The van der Waals surface area contributed by atoms with Crippen molar-refractivity contribution in [3.05, 3.63) is 36.0 Å². The van der Waals surface area contributed by atoms with Gasteiger partial charge in [-0.25, -0.2) is 4.79 Å². The molecule has 2 aromatic rings. The summed E-state index contributed by atoms with van der Waals surface area (Å²) in [4.78, 5) is 24.7. The number of hydrogen-bond donors (Lipinski definition) is 1. The maximum atomic E-state index is 12.5. The minimum absolute atomic E-state index is 0. The van der Waals surface area contributed by atoms with Crippen molar-refractivity contribution in [3.63, 3.8) is 0 Å². The number of aromatic nitrogens is 1. The Bertz CT molecular complexity index is 815. The monoisotopic (exact) mass is 396 g/mol. The summed E-state index contributed by atoms with van der Waals surface area (Å²) in [6.07, 6.45) is 1.49. The third-order valence-corrected chi connectivity index (χ3v) is 3.53. The third-order valence-electron chi connectivity index (χ3n) is 3.53. The summed E-state index contributed by atoms with van der Waals surface area (Å²) >= 11 is 0. The van der Waals surface area contributed by atoms with Crippen LogP contribution in [-0.4, -0.2) is 33.9 Å². The quantitative estimate of drug-likeness (QED) is 0.791. The first kappa shape index (κ1) is 23.0. The number of benzene rings is 1. The molecule has 0 aliphatic rings. The summed E-state index contributed by atoms with van der Waals surface area (Å²) in [7, 11) is 0. The fourth-order valence-corrected chi connectivity index (χ4v) is 2.57. The molecule has 0 aliphatic heterocycles. The van der Waals surface area contributed by atoms with Crippen LogP contribution in [0.1, 0.15) is 47.1 Å². The van der Waals surface area contributed by atoms with Gasteiger partial charge in [0.25, 0.3) is 0 Å². The Balaban J connectivity index is 0.00000364. The number of fused-ring (bicyclic) bond motifs is 1. The van der Waals surface area contributed by atoms with E-state index < -0.39 is 29.3 Å². The van der Waals surface area contributed by atoms with Crippen LogP contribution in [0.15, 0.2) is 30.5 Å². The molecule has 6 nitrogen and oxygen atoms in total. The highest BCUT2D eigenvalue weighted by Gasteiger charge is 2.25. The third kappa shape index (κ3) is 6.26. The molecule has 2 rings (SSSR count). The number of halogens is 1. The Morgan fingerprint density at radius 2 is 1.59 bits per heavy atom. The Morgan fingerprint density at radius 1 is 1.04 bits per heavy atom. The van der Waals surface area contributed by atoms with Crippen LogP contribution < -0.4 is 5.73 Å². The summed E-state index contributed by atoms with van der Waals surface area (Å²) in [6, 6.07) is 6.65. The van der Waals surface area contributed by atoms with Crippen molar-refractivity contribution < 1.29 is 19.1 Å². The molecule has 1 aromatic carbocycles. The summed E-state index contributed by atoms with van der Waals surface area (Å²) < 4.78 is 12.3. The highest BCUT2D eigenvalue weighted by atomic mass is 35.5. The van der Waals surface area contributed by atoms with Crippen LogP contribution in [0.2, 0.25) is 0 Å². The largest absolute Gasteiger partial charge is 0.459 e. The lowest BCUT2D eigenvalue weighted by Gasteiger charge is -2.22. The number of carbonyl (C=O) groups is 2. The van der Waals surface area contributed by atoms with Gasteiger partial charge in [0.1, 0.15) is 17.2 Å². The van der Waals surface area contributed by atoms with Crippen molar-refractivity contribution in [3.8, 4) is 0 Å². The summed E-state index contributed by atoms with van der Waals surface area (Å²) in [5.74, 6) is -0.466. The molecule has 0 saturated carbocycles. The summed E-state index contributed by atoms with van der Waals surface area (Å²) in [5, 5.41) is 0.859. The Morgan fingerprint density at radius 3 is 2.15 bits per heavy atom. The van der Waals surface area contributed by atoms with Gasteiger partial charge < -0.3 is 15.2 Å².